The van der Waals surface area contributed by atoms with Gasteiger partial charge in [0.25, 0.3) is 5.56 Å². The standard InChI is InChI=1S/C21H16N4O/c1-15-22-20-10-6-5-9-19(20)21(26)25(15)18-13-11-17(12-14-18)24-23-16-7-3-2-4-8-16/h2-14H,1H3. The Kier molecular flexibility index (Phi) is 4.11. The molecule has 0 radical (unpaired) electrons. The summed E-state index contributed by atoms with van der Waals surface area (Å²) in [6.45, 7) is 1.83. The molecule has 0 atom stereocenters. The zero-order valence-electron chi connectivity index (χ0n) is 14.2. The molecule has 5 nitrogen and oxygen atoms in total. The van der Waals surface area contributed by atoms with Crippen molar-refractivity contribution in [3.8, 4) is 5.69 Å². The van der Waals surface area contributed by atoms with Crippen molar-refractivity contribution in [2.75, 3.05) is 0 Å². The lowest BCUT2D eigenvalue weighted by Crippen LogP contribution is -2.22. The van der Waals surface area contributed by atoms with Crippen LogP contribution >= 0.6 is 0 Å². The second-order valence-electron chi connectivity index (χ2n) is 5.87. The van der Waals surface area contributed by atoms with Crippen molar-refractivity contribution >= 4 is 22.3 Å². The van der Waals surface area contributed by atoms with Gasteiger partial charge in [0.15, 0.2) is 0 Å². The molecule has 0 bridgehead atoms. The Balaban J connectivity index is 1.70. The van der Waals surface area contributed by atoms with E-state index in [2.05, 4.69) is 15.2 Å². The van der Waals surface area contributed by atoms with Gasteiger partial charge in [-0.25, -0.2) is 4.98 Å². The first-order valence-electron chi connectivity index (χ1n) is 8.28. The highest BCUT2D eigenvalue weighted by atomic mass is 16.1. The molecule has 1 aromatic heterocycles. The van der Waals surface area contributed by atoms with Crippen LogP contribution in [0.2, 0.25) is 0 Å². The van der Waals surface area contributed by atoms with Crippen LogP contribution in [0.5, 0.6) is 0 Å². The molecule has 3 aromatic carbocycles. The Morgan fingerprint density at radius 2 is 1.38 bits per heavy atom. The van der Waals surface area contributed by atoms with Crippen LogP contribution in [0.4, 0.5) is 11.4 Å². The van der Waals surface area contributed by atoms with E-state index in [1.165, 1.54) is 0 Å². The largest absolute Gasteiger partial charge is 0.268 e. The summed E-state index contributed by atoms with van der Waals surface area (Å²) in [6, 6.07) is 24.3. The van der Waals surface area contributed by atoms with Crippen molar-refractivity contribution in [1.82, 2.24) is 9.55 Å². The Labute approximate surface area is 150 Å². The summed E-state index contributed by atoms with van der Waals surface area (Å²) < 4.78 is 1.61. The predicted molar refractivity (Wildman–Crippen MR) is 103 cm³/mol. The number of hydrogen-bond acceptors (Lipinski definition) is 4. The summed E-state index contributed by atoms with van der Waals surface area (Å²) in [4.78, 5) is 17.4. The third kappa shape index (κ3) is 3.02. The van der Waals surface area contributed by atoms with Crippen molar-refractivity contribution in [2.24, 2.45) is 10.2 Å². The Hall–Kier alpha value is -3.60. The van der Waals surface area contributed by atoms with E-state index in [4.69, 9.17) is 0 Å². The number of rotatable bonds is 3. The van der Waals surface area contributed by atoms with E-state index in [0.717, 1.165) is 17.1 Å². The zero-order chi connectivity index (χ0) is 17.9. The van der Waals surface area contributed by atoms with E-state index < -0.39 is 0 Å². The van der Waals surface area contributed by atoms with Crippen LogP contribution < -0.4 is 5.56 Å². The topological polar surface area (TPSA) is 59.6 Å². The maximum Gasteiger partial charge on any atom is 0.265 e. The molecule has 126 valence electrons. The number of hydrogen-bond donors (Lipinski definition) is 0. The van der Waals surface area contributed by atoms with E-state index in [1.54, 1.807) is 10.6 Å². The molecule has 0 N–H and O–H groups in total. The van der Waals surface area contributed by atoms with Crippen LogP contribution in [-0.2, 0) is 0 Å². The minimum atomic E-state index is -0.0771. The minimum absolute atomic E-state index is 0.0771. The van der Waals surface area contributed by atoms with Crippen LogP contribution in [0.15, 0.2) is 93.9 Å². The van der Waals surface area contributed by atoms with Crippen LogP contribution in [0, 0.1) is 6.92 Å². The first-order valence-corrected chi connectivity index (χ1v) is 8.28. The number of benzene rings is 3. The van der Waals surface area contributed by atoms with Gasteiger partial charge in [-0.05, 0) is 55.5 Å². The van der Waals surface area contributed by atoms with E-state index in [0.29, 0.717) is 16.7 Å². The van der Waals surface area contributed by atoms with Gasteiger partial charge < -0.3 is 0 Å². The summed E-state index contributed by atoms with van der Waals surface area (Å²) in [5.74, 6) is 0.646. The summed E-state index contributed by atoms with van der Waals surface area (Å²) in [5, 5.41) is 9.03. The summed E-state index contributed by atoms with van der Waals surface area (Å²) in [5.41, 5.74) is 2.90. The highest BCUT2D eigenvalue weighted by molar-refractivity contribution is 5.77. The monoisotopic (exact) mass is 340 g/mol. The first kappa shape index (κ1) is 15.9. The summed E-state index contributed by atoms with van der Waals surface area (Å²) >= 11 is 0. The molecular formula is C21H16N4O. The number of nitrogens with zero attached hydrogens (tertiary/aromatic N) is 4. The Morgan fingerprint density at radius 1 is 0.769 bits per heavy atom. The fourth-order valence-corrected chi connectivity index (χ4v) is 2.83. The number of aromatic nitrogens is 2. The van der Waals surface area contributed by atoms with Gasteiger partial charge in [-0.1, -0.05) is 30.3 Å². The van der Waals surface area contributed by atoms with E-state index in [-0.39, 0.29) is 5.56 Å². The molecule has 0 saturated carbocycles. The average Bonchev–Trinajstić information content (AvgIpc) is 2.68. The molecule has 0 amide bonds. The molecule has 4 aromatic rings. The fraction of sp³-hybridized carbons (Fsp3) is 0.0476. The van der Waals surface area contributed by atoms with Crippen LogP contribution in [-0.4, -0.2) is 9.55 Å². The number of azo groups is 1. The van der Waals surface area contributed by atoms with Gasteiger partial charge in [-0.3, -0.25) is 9.36 Å². The average molecular weight is 340 g/mol. The van der Waals surface area contributed by atoms with Crippen LogP contribution in [0.1, 0.15) is 5.82 Å². The summed E-state index contributed by atoms with van der Waals surface area (Å²) in [6.07, 6.45) is 0. The molecule has 5 heteroatoms. The van der Waals surface area contributed by atoms with Gasteiger partial charge in [0.05, 0.1) is 28.0 Å². The molecule has 4 rings (SSSR count). The van der Waals surface area contributed by atoms with E-state index in [9.17, 15) is 4.79 Å². The zero-order valence-corrected chi connectivity index (χ0v) is 14.2. The molecular weight excluding hydrogens is 324 g/mol. The smallest absolute Gasteiger partial charge is 0.265 e. The normalized spacial score (nSPS) is 11.3. The Morgan fingerprint density at radius 3 is 2.12 bits per heavy atom. The number of aryl methyl sites for hydroxylation is 1. The highest BCUT2D eigenvalue weighted by Crippen LogP contribution is 2.20. The maximum atomic E-state index is 12.8. The molecule has 1 heterocycles. The molecule has 0 aliphatic carbocycles. The van der Waals surface area contributed by atoms with Crippen molar-refractivity contribution in [3.63, 3.8) is 0 Å². The van der Waals surface area contributed by atoms with E-state index in [1.807, 2.05) is 79.7 Å². The number of fused-ring (bicyclic) bond motifs is 1. The van der Waals surface area contributed by atoms with Crippen LogP contribution in [0.3, 0.4) is 0 Å². The van der Waals surface area contributed by atoms with Crippen molar-refractivity contribution < 1.29 is 0 Å². The lowest BCUT2D eigenvalue weighted by atomic mass is 10.2. The molecule has 0 aliphatic heterocycles. The lowest BCUT2D eigenvalue weighted by molar-refractivity contribution is 0.894. The third-order valence-corrected chi connectivity index (χ3v) is 4.09. The lowest BCUT2D eigenvalue weighted by Gasteiger charge is -2.10. The van der Waals surface area contributed by atoms with Gasteiger partial charge in [-0.2, -0.15) is 10.2 Å². The molecule has 0 unspecified atom stereocenters. The first-order chi connectivity index (χ1) is 12.7. The maximum absolute atomic E-state index is 12.8. The van der Waals surface area contributed by atoms with Gasteiger partial charge in [0, 0.05) is 0 Å². The predicted octanol–water partition coefficient (Wildman–Crippen LogP) is 5.11. The van der Waals surface area contributed by atoms with E-state index >= 15 is 0 Å². The van der Waals surface area contributed by atoms with Crippen molar-refractivity contribution in [2.45, 2.75) is 6.92 Å². The second-order valence-corrected chi connectivity index (χ2v) is 5.87. The Bertz CT molecular complexity index is 1150. The quantitative estimate of drug-likeness (QED) is 0.487. The SMILES string of the molecule is Cc1nc2ccccc2c(=O)n1-c1ccc(N=Nc2ccccc2)cc1. The van der Waals surface area contributed by atoms with Gasteiger partial charge >= 0.3 is 0 Å². The summed E-state index contributed by atoms with van der Waals surface area (Å²) in [7, 11) is 0. The molecule has 26 heavy (non-hydrogen) atoms. The highest BCUT2D eigenvalue weighted by Gasteiger charge is 2.09. The molecule has 0 saturated heterocycles. The minimum Gasteiger partial charge on any atom is -0.268 e. The van der Waals surface area contributed by atoms with Crippen molar-refractivity contribution in [3.05, 3.63) is 95.0 Å². The molecule has 0 spiro atoms. The molecule has 0 aliphatic rings. The van der Waals surface area contributed by atoms with Crippen molar-refractivity contribution in [1.29, 1.82) is 0 Å². The molecule has 0 fully saturated rings. The van der Waals surface area contributed by atoms with Gasteiger partial charge in [0.1, 0.15) is 5.82 Å². The third-order valence-electron chi connectivity index (χ3n) is 4.09. The van der Waals surface area contributed by atoms with Gasteiger partial charge in [-0.15, -0.1) is 0 Å². The fourth-order valence-electron chi connectivity index (χ4n) is 2.83. The number of para-hydroxylation sites is 1. The second kappa shape index (κ2) is 6.72. The van der Waals surface area contributed by atoms with Crippen LogP contribution in [0.25, 0.3) is 16.6 Å². The van der Waals surface area contributed by atoms with Gasteiger partial charge in [0.2, 0.25) is 0 Å².